The van der Waals surface area contributed by atoms with E-state index in [0.29, 0.717) is 0 Å². The van der Waals surface area contributed by atoms with Crippen molar-refractivity contribution >= 4 is 35.0 Å². The van der Waals surface area contributed by atoms with Crippen LogP contribution in [0.2, 0.25) is 13.1 Å². The van der Waals surface area contributed by atoms with Crippen molar-refractivity contribution in [2.45, 2.75) is 26.4 Å². The fourth-order valence-corrected chi connectivity index (χ4v) is 16.2. The Hall–Kier alpha value is -0.579. The molecule has 1 N–H and O–H groups in total. The number of amides is 1. The zero-order valence-electron chi connectivity index (χ0n) is 13.5. The Morgan fingerprint density at radius 2 is 1.74 bits per heavy atom. The van der Waals surface area contributed by atoms with Crippen molar-refractivity contribution in [3.8, 4) is 11.1 Å². The summed E-state index contributed by atoms with van der Waals surface area (Å²) in [6.07, 6.45) is 0.834. The van der Waals surface area contributed by atoms with E-state index in [-0.39, 0.29) is 5.91 Å². The van der Waals surface area contributed by atoms with Crippen LogP contribution in [0.5, 0.6) is 0 Å². The van der Waals surface area contributed by atoms with E-state index in [1.807, 2.05) is 12.1 Å². The van der Waals surface area contributed by atoms with Crippen molar-refractivity contribution in [2.75, 3.05) is 0 Å². The van der Waals surface area contributed by atoms with Gasteiger partial charge in [0.15, 0.2) is 0 Å². The topological polar surface area (TPSA) is 29.1 Å². The molecule has 1 amide bonds. The molecule has 0 bridgehead atoms. The number of benzene rings is 2. The molecule has 0 saturated heterocycles. The zero-order valence-corrected chi connectivity index (χ0v) is 17.7. The molecular formula is C17H20Cl2NOSiTi. The molecule has 2 nitrogen and oxygen atoms in total. The maximum absolute atomic E-state index is 11.9. The average molecular weight is 401 g/mol. The third-order valence-corrected chi connectivity index (χ3v) is 35.0. The quantitative estimate of drug-likeness (QED) is 0.663. The number of halogens is 2. The molecule has 3 rings (SSSR count). The number of nitrogens with one attached hydrogen (secondary N) is 1. The maximum atomic E-state index is 11.9. The number of rotatable bonds is 3. The molecule has 0 spiro atoms. The second-order valence-electron chi connectivity index (χ2n) is 6.58. The van der Waals surface area contributed by atoms with Gasteiger partial charge in [-0.05, 0) is 0 Å². The van der Waals surface area contributed by atoms with Gasteiger partial charge in [-0.25, -0.2) is 0 Å². The van der Waals surface area contributed by atoms with Crippen molar-refractivity contribution < 1.29 is 17.5 Å². The fourth-order valence-electron chi connectivity index (χ4n) is 3.43. The predicted molar refractivity (Wildman–Crippen MR) is 98.7 cm³/mol. The molecule has 0 aliphatic heterocycles. The van der Waals surface area contributed by atoms with E-state index in [9.17, 15) is 4.79 Å². The number of hydrogen-bond acceptors (Lipinski definition) is 1. The van der Waals surface area contributed by atoms with Gasteiger partial charge in [0.2, 0.25) is 0 Å². The summed E-state index contributed by atoms with van der Waals surface area (Å²) in [5.41, 5.74) is 4.95. The predicted octanol–water partition coefficient (Wildman–Crippen LogP) is 3.91. The summed E-state index contributed by atoms with van der Waals surface area (Å²) in [6.45, 7) is 4.23. The van der Waals surface area contributed by atoms with Gasteiger partial charge in [-0.3, -0.25) is 0 Å². The monoisotopic (exact) mass is 400 g/mol. The molecule has 0 radical (unpaired) electrons. The van der Waals surface area contributed by atoms with Gasteiger partial charge in [0, 0.05) is 0 Å². The first-order valence-corrected chi connectivity index (χ1v) is 19.3. The van der Waals surface area contributed by atoms with Crippen LogP contribution in [-0.4, -0.2) is 12.6 Å². The summed E-state index contributed by atoms with van der Waals surface area (Å²) >= 11 is -4.29. The Bertz CT molecular complexity index is 807. The Balaban J connectivity index is 2.25. The van der Waals surface area contributed by atoms with Gasteiger partial charge in [-0.1, -0.05) is 0 Å². The SMILES string of the molecule is CC(=O)[NH][Ti]([Cl])([Cl])([c]1cccc2c1Cc1ccccc1-2)[SiH](C)C. The van der Waals surface area contributed by atoms with Crippen molar-refractivity contribution in [3.05, 3.63) is 53.6 Å². The second kappa shape index (κ2) is 5.75. The first-order chi connectivity index (χ1) is 10.7. The van der Waals surface area contributed by atoms with Crippen LogP contribution in [-0.2, 0) is 23.9 Å². The summed E-state index contributed by atoms with van der Waals surface area (Å²) in [5.74, 6) is -0.138. The van der Waals surface area contributed by atoms with Crippen LogP contribution in [0, 0.1) is 0 Å². The standard InChI is InChI=1S/C13H9.C2H5NO.C2H7Si.2ClH.Ti/c1-3-7-12-10(5-1)9-11-6-2-4-8-13(11)12;1-2(3)4;1-3-2;;;/h1-5,7-8H,9H2;1H3,(H2,3,4);3H,1-2H3;2*1H;/q;;;;;+3/p-3. The number of carbonyl (C=O) groups is 1. The molecule has 0 heterocycles. The van der Waals surface area contributed by atoms with Crippen molar-refractivity contribution in [1.29, 1.82) is 0 Å². The van der Waals surface area contributed by atoms with Crippen LogP contribution >= 0.6 is 18.6 Å². The van der Waals surface area contributed by atoms with Gasteiger partial charge in [0.05, 0.1) is 0 Å². The van der Waals surface area contributed by atoms with E-state index in [1.165, 1.54) is 29.2 Å². The van der Waals surface area contributed by atoms with Gasteiger partial charge in [0.1, 0.15) is 0 Å². The van der Waals surface area contributed by atoms with Crippen molar-refractivity contribution in [3.63, 3.8) is 0 Å². The molecule has 2 aromatic rings. The molecule has 2 aromatic carbocycles. The molecular weight excluding hydrogens is 381 g/mol. The third kappa shape index (κ3) is 2.73. The molecule has 6 heteroatoms. The summed E-state index contributed by atoms with van der Waals surface area (Å²) in [4.78, 5) is 11.9. The Kier molecular flexibility index (Phi) is 4.31. The van der Waals surface area contributed by atoms with E-state index < -0.39 is 19.4 Å². The Morgan fingerprint density at radius 1 is 1.09 bits per heavy atom. The van der Waals surface area contributed by atoms with Crippen LogP contribution in [0.3, 0.4) is 0 Å². The van der Waals surface area contributed by atoms with Gasteiger partial charge in [-0.2, -0.15) is 0 Å². The van der Waals surface area contributed by atoms with Crippen LogP contribution < -0.4 is 7.67 Å². The van der Waals surface area contributed by atoms with E-state index in [1.54, 1.807) is 0 Å². The molecule has 1 aliphatic rings. The van der Waals surface area contributed by atoms with Crippen LogP contribution in [0.1, 0.15) is 18.1 Å². The average Bonchev–Trinajstić information content (AvgIpc) is 2.84. The van der Waals surface area contributed by atoms with Gasteiger partial charge < -0.3 is 0 Å². The van der Waals surface area contributed by atoms with Crippen LogP contribution in [0.25, 0.3) is 11.1 Å². The molecule has 0 aromatic heterocycles. The fraction of sp³-hybridized carbons (Fsp3) is 0.235. The van der Waals surface area contributed by atoms with Crippen LogP contribution in [0.4, 0.5) is 0 Å². The first-order valence-electron chi connectivity index (χ1n) is 7.80. The number of fused-ring (bicyclic) bond motifs is 3. The zero-order chi connectivity index (χ0) is 16.9. The summed E-state index contributed by atoms with van der Waals surface area (Å²) in [5, 5.41) is 0. The minimum atomic E-state index is -4.29. The van der Waals surface area contributed by atoms with Crippen molar-refractivity contribution in [1.82, 2.24) is 3.80 Å². The first kappa shape index (κ1) is 17.3. The van der Waals surface area contributed by atoms with E-state index >= 15 is 0 Å². The van der Waals surface area contributed by atoms with E-state index in [4.69, 9.17) is 18.6 Å². The van der Waals surface area contributed by atoms with Crippen molar-refractivity contribution in [2.24, 2.45) is 0 Å². The molecule has 0 atom stereocenters. The molecule has 23 heavy (non-hydrogen) atoms. The Labute approximate surface area is 146 Å². The second-order valence-corrected chi connectivity index (χ2v) is 34.0. The molecule has 121 valence electrons. The molecule has 1 aliphatic carbocycles. The normalized spacial score (nSPS) is 14.8. The van der Waals surface area contributed by atoms with Gasteiger partial charge >= 0.3 is 147 Å². The third-order valence-electron chi connectivity index (χ3n) is 4.76. The number of carbonyl (C=O) groups excluding carboxylic acids is 1. The summed E-state index contributed by atoms with van der Waals surface area (Å²) in [7, 11) is 14.3. The van der Waals surface area contributed by atoms with Gasteiger partial charge in [-0.15, -0.1) is 0 Å². The summed E-state index contributed by atoms with van der Waals surface area (Å²) in [6, 6.07) is 14.6. The minimum absolute atomic E-state index is 0.138. The number of hydrogen-bond donors (Lipinski definition) is 1. The molecule has 0 saturated carbocycles. The van der Waals surface area contributed by atoms with Crippen LogP contribution in [0.15, 0.2) is 42.5 Å². The van der Waals surface area contributed by atoms with Gasteiger partial charge in [0.25, 0.3) is 0 Å². The summed E-state index contributed by atoms with van der Waals surface area (Å²) < 4.78 is 4.06. The van der Waals surface area contributed by atoms with E-state index in [0.717, 1.165) is 10.3 Å². The molecule has 0 fully saturated rings. The van der Waals surface area contributed by atoms with E-state index in [2.05, 4.69) is 47.2 Å². The molecule has 0 unspecified atom stereocenters. The Morgan fingerprint density at radius 3 is 2.39 bits per heavy atom.